The second kappa shape index (κ2) is 3.20. The van der Waals surface area contributed by atoms with Gasteiger partial charge in [0.25, 0.3) is 0 Å². The number of rotatable bonds is 1. The highest BCUT2D eigenvalue weighted by molar-refractivity contribution is 6.23. The fourth-order valence-electron chi connectivity index (χ4n) is 1.33. The van der Waals surface area contributed by atoms with Crippen molar-refractivity contribution in [3.05, 3.63) is 35.9 Å². The second-order valence-corrected chi connectivity index (χ2v) is 2.94. The Morgan fingerprint density at radius 1 is 1.33 bits per heavy atom. The number of benzene rings is 1. The number of allylic oxidation sites excluding steroid dienone is 1. The van der Waals surface area contributed by atoms with Crippen LogP contribution in [0.25, 0.3) is 5.57 Å². The predicted molar refractivity (Wildman–Crippen MR) is 50.6 cm³/mol. The molecule has 0 unspecified atom stereocenters. The molecule has 1 aliphatic rings. The van der Waals surface area contributed by atoms with Crippen molar-refractivity contribution in [2.45, 2.75) is 0 Å². The van der Waals surface area contributed by atoms with Gasteiger partial charge in [0.2, 0.25) is 0 Å². The van der Waals surface area contributed by atoms with Gasteiger partial charge in [0.15, 0.2) is 0 Å². The summed E-state index contributed by atoms with van der Waals surface area (Å²) in [4.78, 5) is 0. The van der Waals surface area contributed by atoms with Crippen LogP contribution in [0.4, 0.5) is 0 Å². The molecule has 62 valence electrons. The zero-order valence-electron chi connectivity index (χ0n) is 6.59. The molecular weight excluding hydrogens is 172 g/mol. The Morgan fingerprint density at radius 3 is 3.00 bits per heavy atom. The molecule has 1 heterocycles. The van der Waals surface area contributed by atoms with Crippen LogP contribution in [0.2, 0.25) is 0 Å². The third-order valence-electron chi connectivity index (χ3n) is 1.95. The summed E-state index contributed by atoms with van der Waals surface area (Å²) < 4.78 is 5.42. The van der Waals surface area contributed by atoms with Gasteiger partial charge in [0.1, 0.15) is 12.4 Å². The summed E-state index contributed by atoms with van der Waals surface area (Å²) >= 11 is 5.78. The molecule has 2 heteroatoms. The molecular formula is C10H9ClO. The number of ether oxygens (including phenoxy) is 1. The van der Waals surface area contributed by atoms with Gasteiger partial charge < -0.3 is 4.74 Å². The molecule has 0 fully saturated rings. The van der Waals surface area contributed by atoms with E-state index in [2.05, 4.69) is 0 Å². The Morgan fingerprint density at radius 2 is 2.17 bits per heavy atom. The first-order valence-electron chi connectivity index (χ1n) is 3.89. The van der Waals surface area contributed by atoms with Gasteiger partial charge in [0, 0.05) is 11.4 Å². The van der Waals surface area contributed by atoms with Crippen LogP contribution in [0.1, 0.15) is 5.56 Å². The lowest BCUT2D eigenvalue weighted by atomic mass is 10.0. The van der Waals surface area contributed by atoms with Gasteiger partial charge in [-0.2, -0.15) is 0 Å². The van der Waals surface area contributed by atoms with Crippen LogP contribution in [-0.2, 0) is 0 Å². The first kappa shape index (κ1) is 7.69. The molecule has 0 atom stereocenters. The third-order valence-corrected chi connectivity index (χ3v) is 2.23. The molecule has 1 aromatic carbocycles. The highest BCUT2D eigenvalue weighted by Crippen LogP contribution is 2.29. The largest absolute Gasteiger partial charge is 0.489 e. The van der Waals surface area contributed by atoms with Crippen LogP contribution in [0.3, 0.4) is 0 Å². The Kier molecular flexibility index (Phi) is 2.05. The zero-order chi connectivity index (χ0) is 8.39. The van der Waals surface area contributed by atoms with E-state index in [4.69, 9.17) is 16.3 Å². The van der Waals surface area contributed by atoms with E-state index in [1.54, 1.807) is 0 Å². The van der Waals surface area contributed by atoms with Gasteiger partial charge in [-0.1, -0.05) is 18.2 Å². The average Bonchev–Trinajstić information content (AvgIpc) is 2.17. The van der Waals surface area contributed by atoms with E-state index in [0.717, 1.165) is 11.3 Å². The molecule has 0 N–H and O–H groups in total. The van der Waals surface area contributed by atoms with Crippen molar-refractivity contribution in [1.29, 1.82) is 0 Å². The van der Waals surface area contributed by atoms with Crippen LogP contribution in [0.5, 0.6) is 5.75 Å². The number of hydrogen-bond acceptors (Lipinski definition) is 1. The maximum Gasteiger partial charge on any atom is 0.127 e. The Labute approximate surface area is 76.6 Å². The number of hydrogen-bond donors (Lipinski definition) is 0. The lowest BCUT2D eigenvalue weighted by molar-refractivity contribution is 0.357. The van der Waals surface area contributed by atoms with Crippen LogP contribution in [0.15, 0.2) is 30.3 Å². The highest BCUT2D eigenvalue weighted by atomic mass is 35.5. The lowest BCUT2D eigenvalue weighted by Gasteiger charge is -2.16. The minimum absolute atomic E-state index is 0.556. The summed E-state index contributed by atoms with van der Waals surface area (Å²) in [5.74, 6) is 1.50. The van der Waals surface area contributed by atoms with E-state index in [0.29, 0.717) is 12.5 Å². The van der Waals surface area contributed by atoms with E-state index < -0.39 is 0 Å². The predicted octanol–water partition coefficient (Wildman–Crippen LogP) is 2.70. The number of fused-ring (bicyclic) bond motifs is 1. The average molecular weight is 181 g/mol. The SMILES string of the molecule is ClCC1=CCOc2ccccc21. The molecule has 0 saturated carbocycles. The van der Waals surface area contributed by atoms with Crippen molar-refractivity contribution in [3.8, 4) is 5.75 Å². The fraction of sp³-hybridized carbons (Fsp3) is 0.200. The van der Waals surface area contributed by atoms with E-state index in [1.165, 1.54) is 5.57 Å². The molecule has 0 amide bonds. The summed E-state index contributed by atoms with van der Waals surface area (Å²) in [5.41, 5.74) is 2.29. The van der Waals surface area contributed by atoms with Crippen molar-refractivity contribution in [2.24, 2.45) is 0 Å². The number of alkyl halides is 1. The maximum absolute atomic E-state index is 5.78. The molecule has 0 spiro atoms. The molecule has 1 aromatic rings. The first-order chi connectivity index (χ1) is 5.92. The van der Waals surface area contributed by atoms with Gasteiger partial charge in [-0.25, -0.2) is 0 Å². The van der Waals surface area contributed by atoms with Gasteiger partial charge in [0.05, 0.1) is 0 Å². The molecule has 0 radical (unpaired) electrons. The number of para-hydroxylation sites is 1. The van der Waals surface area contributed by atoms with E-state index >= 15 is 0 Å². The lowest BCUT2D eigenvalue weighted by Crippen LogP contribution is -2.04. The van der Waals surface area contributed by atoms with E-state index in [1.807, 2.05) is 30.3 Å². The maximum atomic E-state index is 5.78. The highest BCUT2D eigenvalue weighted by Gasteiger charge is 2.10. The molecule has 2 rings (SSSR count). The standard InChI is InChI=1S/C10H9ClO/c11-7-8-5-6-12-10-4-2-1-3-9(8)10/h1-5H,6-7H2. The van der Waals surface area contributed by atoms with Crippen LogP contribution in [0, 0.1) is 0 Å². The van der Waals surface area contributed by atoms with Gasteiger partial charge >= 0.3 is 0 Å². The minimum Gasteiger partial charge on any atom is -0.489 e. The Hall–Kier alpha value is -0.950. The minimum atomic E-state index is 0.556. The molecule has 0 aliphatic carbocycles. The van der Waals surface area contributed by atoms with Crippen LogP contribution >= 0.6 is 11.6 Å². The molecule has 12 heavy (non-hydrogen) atoms. The van der Waals surface area contributed by atoms with Crippen molar-refractivity contribution in [2.75, 3.05) is 12.5 Å². The van der Waals surface area contributed by atoms with E-state index in [-0.39, 0.29) is 0 Å². The van der Waals surface area contributed by atoms with Gasteiger partial charge in [-0.3, -0.25) is 0 Å². The Balaban J connectivity index is 2.48. The zero-order valence-corrected chi connectivity index (χ0v) is 7.34. The summed E-state index contributed by atoms with van der Waals surface area (Å²) in [7, 11) is 0. The van der Waals surface area contributed by atoms with Crippen LogP contribution < -0.4 is 4.74 Å². The van der Waals surface area contributed by atoms with Crippen molar-refractivity contribution in [1.82, 2.24) is 0 Å². The second-order valence-electron chi connectivity index (χ2n) is 2.67. The van der Waals surface area contributed by atoms with Gasteiger partial charge in [-0.05, 0) is 17.7 Å². The molecule has 0 aromatic heterocycles. The van der Waals surface area contributed by atoms with Crippen molar-refractivity contribution >= 4 is 17.2 Å². The van der Waals surface area contributed by atoms with Crippen molar-refractivity contribution in [3.63, 3.8) is 0 Å². The monoisotopic (exact) mass is 180 g/mol. The van der Waals surface area contributed by atoms with Crippen molar-refractivity contribution < 1.29 is 4.74 Å². The first-order valence-corrected chi connectivity index (χ1v) is 4.42. The normalized spacial score (nSPS) is 14.6. The molecule has 0 saturated heterocycles. The molecule has 0 bridgehead atoms. The summed E-state index contributed by atoms with van der Waals surface area (Å²) in [6, 6.07) is 7.96. The van der Waals surface area contributed by atoms with Crippen LogP contribution in [-0.4, -0.2) is 12.5 Å². The Bertz CT molecular complexity index is 317. The fourth-order valence-corrected chi connectivity index (χ4v) is 1.58. The third kappa shape index (κ3) is 1.21. The molecule has 1 nitrogen and oxygen atoms in total. The van der Waals surface area contributed by atoms with Gasteiger partial charge in [-0.15, -0.1) is 11.6 Å². The summed E-state index contributed by atoms with van der Waals surface area (Å²) in [5, 5.41) is 0. The molecule has 1 aliphatic heterocycles. The number of halogens is 1. The summed E-state index contributed by atoms with van der Waals surface area (Å²) in [6.45, 7) is 0.638. The quantitative estimate of drug-likeness (QED) is 0.604. The topological polar surface area (TPSA) is 9.23 Å². The summed E-state index contributed by atoms with van der Waals surface area (Å²) in [6.07, 6.45) is 2.02. The smallest absolute Gasteiger partial charge is 0.127 e. The van der Waals surface area contributed by atoms with E-state index in [9.17, 15) is 0 Å².